The maximum atomic E-state index is 5.45. The van der Waals surface area contributed by atoms with Gasteiger partial charge in [0, 0.05) is 12.6 Å². The number of nitrogens with one attached hydrogen (secondary N) is 1. The minimum absolute atomic E-state index is 0.705. The van der Waals surface area contributed by atoms with E-state index in [9.17, 15) is 0 Å². The zero-order valence-electron chi connectivity index (χ0n) is 13.1. The molecule has 1 aliphatic rings. The van der Waals surface area contributed by atoms with Crippen molar-refractivity contribution >= 4 is 0 Å². The molecule has 1 aromatic rings. The summed E-state index contributed by atoms with van der Waals surface area (Å²) < 4.78 is 5.45. The van der Waals surface area contributed by atoms with Gasteiger partial charge in [-0.3, -0.25) is 4.90 Å². The van der Waals surface area contributed by atoms with Crippen LogP contribution in [-0.4, -0.2) is 31.1 Å². The van der Waals surface area contributed by atoms with Crippen LogP contribution in [0.15, 0.2) is 22.8 Å². The summed E-state index contributed by atoms with van der Waals surface area (Å²) in [5.74, 6) is 1.85. The van der Waals surface area contributed by atoms with Crippen molar-refractivity contribution < 1.29 is 4.42 Å². The lowest BCUT2D eigenvalue weighted by atomic mass is 9.94. The zero-order valence-corrected chi connectivity index (χ0v) is 13.1. The van der Waals surface area contributed by atoms with Gasteiger partial charge in [0.2, 0.25) is 0 Å². The summed E-state index contributed by atoms with van der Waals surface area (Å²) >= 11 is 0. The van der Waals surface area contributed by atoms with Crippen LogP contribution in [0.3, 0.4) is 0 Å². The van der Waals surface area contributed by atoms with Gasteiger partial charge < -0.3 is 9.73 Å². The second kappa shape index (κ2) is 8.48. The quantitative estimate of drug-likeness (QED) is 0.772. The lowest BCUT2D eigenvalue weighted by Crippen LogP contribution is -2.41. The van der Waals surface area contributed by atoms with Gasteiger partial charge in [0.05, 0.1) is 12.8 Å². The fraction of sp³-hybridized carbons (Fsp3) is 0.765. The first-order valence-electron chi connectivity index (χ1n) is 8.24. The van der Waals surface area contributed by atoms with Crippen molar-refractivity contribution in [1.82, 2.24) is 10.2 Å². The van der Waals surface area contributed by atoms with Crippen molar-refractivity contribution in [1.29, 1.82) is 0 Å². The molecule has 1 fully saturated rings. The van der Waals surface area contributed by atoms with Crippen LogP contribution in [0.2, 0.25) is 0 Å². The minimum atomic E-state index is 0.705. The van der Waals surface area contributed by atoms with Crippen molar-refractivity contribution in [2.45, 2.75) is 58.0 Å². The van der Waals surface area contributed by atoms with E-state index in [1.807, 2.05) is 6.07 Å². The molecule has 0 bridgehead atoms. The fourth-order valence-electron chi connectivity index (χ4n) is 3.33. The second-order valence-electron chi connectivity index (χ2n) is 6.23. The molecule has 2 atom stereocenters. The molecule has 114 valence electrons. The molecule has 0 spiro atoms. The molecule has 1 heterocycles. The largest absolute Gasteiger partial charge is 0.468 e. The molecule has 1 aromatic heterocycles. The summed E-state index contributed by atoms with van der Waals surface area (Å²) in [4.78, 5) is 2.41. The summed E-state index contributed by atoms with van der Waals surface area (Å²) in [5.41, 5.74) is 0. The van der Waals surface area contributed by atoms with Crippen LogP contribution in [0.1, 0.15) is 51.2 Å². The van der Waals surface area contributed by atoms with Crippen molar-refractivity contribution in [2.24, 2.45) is 5.92 Å². The lowest BCUT2D eigenvalue weighted by Gasteiger charge is -2.30. The fourth-order valence-corrected chi connectivity index (χ4v) is 3.33. The van der Waals surface area contributed by atoms with Gasteiger partial charge in [-0.1, -0.05) is 26.2 Å². The van der Waals surface area contributed by atoms with Gasteiger partial charge in [-0.25, -0.2) is 0 Å². The Morgan fingerprint density at radius 3 is 2.90 bits per heavy atom. The predicted octanol–water partition coefficient (Wildman–Crippen LogP) is 3.66. The number of rotatable bonds is 7. The molecule has 2 rings (SSSR count). The predicted molar refractivity (Wildman–Crippen MR) is 83.7 cm³/mol. The van der Waals surface area contributed by atoms with E-state index in [-0.39, 0.29) is 0 Å². The highest BCUT2D eigenvalue weighted by atomic mass is 16.3. The Hall–Kier alpha value is -0.800. The number of hydrogen-bond acceptors (Lipinski definition) is 3. The van der Waals surface area contributed by atoms with E-state index in [1.165, 1.54) is 45.1 Å². The first-order chi connectivity index (χ1) is 9.79. The monoisotopic (exact) mass is 278 g/mol. The lowest BCUT2D eigenvalue weighted by molar-refractivity contribution is 0.208. The number of furan rings is 1. The van der Waals surface area contributed by atoms with E-state index < -0.39 is 0 Å². The van der Waals surface area contributed by atoms with Gasteiger partial charge in [-0.05, 0) is 50.9 Å². The van der Waals surface area contributed by atoms with Gasteiger partial charge in [0.1, 0.15) is 5.76 Å². The highest BCUT2D eigenvalue weighted by Gasteiger charge is 2.24. The summed E-state index contributed by atoms with van der Waals surface area (Å²) in [5, 5.41) is 3.78. The van der Waals surface area contributed by atoms with E-state index in [0.29, 0.717) is 6.04 Å². The van der Waals surface area contributed by atoms with Crippen LogP contribution < -0.4 is 5.32 Å². The first kappa shape index (κ1) is 15.6. The Balaban J connectivity index is 1.85. The maximum Gasteiger partial charge on any atom is 0.117 e. The molecule has 1 N–H and O–H groups in total. The Bertz CT molecular complexity index is 350. The minimum Gasteiger partial charge on any atom is -0.468 e. The molecule has 0 aromatic carbocycles. The highest BCUT2D eigenvalue weighted by molar-refractivity contribution is 4.97. The van der Waals surface area contributed by atoms with E-state index in [4.69, 9.17) is 4.42 Å². The van der Waals surface area contributed by atoms with Gasteiger partial charge in [0.15, 0.2) is 0 Å². The third kappa shape index (κ3) is 4.95. The van der Waals surface area contributed by atoms with Gasteiger partial charge >= 0.3 is 0 Å². The molecular weight excluding hydrogens is 248 g/mol. The Morgan fingerprint density at radius 2 is 2.15 bits per heavy atom. The molecule has 0 aliphatic heterocycles. The van der Waals surface area contributed by atoms with Gasteiger partial charge in [-0.15, -0.1) is 0 Å². The number of hydrogen-bond donors (Lipinski definition) is 1. The van der Waals surface area contributed by atoms with Crippen LogP contribution in [-0.2, 0) is 6.54 Å². The van der Waals surface area contributed by atoms with E-state index in [1.54, 1.807) is 6.26 Å². The molecule has 3 nitrogen and oxygen atoms in total. The van der Waals surface area contributed by atoms with E-state index in [0.717, 1.165) is 24.8 Å². The number of nitrogens with zero attached hydrogens (tertiary/aromatic N) is 1. The Labute approximate surface area is 123 Å². The average molecular weight is 278 g/mol. The van der Waals surface area contributed by atoms with Crippen LogP contribution in [0.4, 0.5) is 0 Å². The van der Waals surface area contributed by atoms with Crippen molar-refractivity contribution in [3.05, 3.63) is 24.2 Å². The topological polar surface area (TPSA) is 28.4 Å². The molecule has 0 radical (unpaired) electrons. The third-order valence-electron chi connectivity index (χ3n) is 4.37. The van der Waals surface area contributed by atoms with Crippen molar-refractivity contribution in [2.75, 3.05) is 20.1 Å². The molecule has 0 amide bonds. The van der Waals surface area contributed by atoms with Crippen LogP contribution in [0, 0.1) is 5.92 Å². The average Bonchev–Trinajstić information content (AvgIpc) is 2.84. The molecule has 3 heteroatoms. The highest BCUT2D eigenvalue weighted by Crippen LogP contribution is 2.24. The smallest absolute Gasteiger partial charge is 0.117 e. The normalized spacial score (nSPS) is 23.9. The Morgan fingerprint density at radius 1 is 1.30 bits per heavy atom. The zero-order chi connectivity index (χ0) is 14.2. The van der Waals surface area contributed by atoms with E-state index >= 15 is 0 Å². The molecule has 2 unspecified atom stereocenters. The Kier molecular flexibility index (Phi) is 6.61. The van der Waals surface area contributed by atoms with Crippen LogP contribution in [0.25, 0.3) is 0 Å². The summed E-state index contributed by atoms with van der Waals surface area (Å²) in [6.45, 7) is 5.50. The summed E-state index contributed by atoms with van der Waals surface area (Å²) in [7, 11) is 2.21. The van der Waals surface area contributed by atoms with Crippen molar-refractivity contribution in [3.8, 4) is 0 Å². The molecular formula is C17H30N2O. The first-order valence-corrected chi connectivity index (χ1v) is 8.24. The summed E-state index contributed by atoms with van der Waals surface area (Å²) in [6.07, 6.45) is 9.89. The molecule has 1 aliphatic carbocycles. The van der Waals surface area contributed by atoms with Gasteiger partial charge in [-0.2, -0.15) is 0 Å². The van der Waals surface area contributed by atoms with Crippen LogP contribution in [0.5, 0.6) is 0 Å². The van der Waals surface area contributed by atoms with Crippen LogP contribution >= 0.6 is 0 Å². The molecule has 0 saturated heterocycles. The summed E-state index contributed by atoms with van der Waals surface area (Å²) in [6, 6.07) is 4.74. The SMILES string of the molecule is CCCNC1CCCCCC1CN(C)Cc1ccco1. The van der Waals surface area contributed by atoms with Gasteiger partial charge in [0.25, 0.3) is 0 Å². The second-order valence-corrected chi connectivity index (χ2v) is 6.23. The van der Waals surface area contributed by atoms with Crippen molar-refractivity contribution in [3.63, 3.8) is 0 Å². The molecule has 1 saturated carbocycles. The van der Waals surface area contributed by atoms with E-state index in [2.05, 4.69) is 30.3 Å². The third-order valence-corrected chi connectivity index (χ3v) is 4.37. The standard InChI is InChI=1S/C17H30N2O/c1-3-11-18-17-10-6-4-5-8-15(17)13-19(2)14-16-9-7-12-20-16/h7,9,12,15,17-18H,3-6,8,10-11,13-14H2,1-2H3. The maximum absolute atomic E-state index is 5.45. The molecule has 20 heavy (non-hydrogen) atoms.